The van der Waals surface area contributed by atoms with Crippen LogP contribution < -0.4 is 15.0 Å². The molecule has 0 saturated heterocycles. The molecule has 0 bridgehead atoms. The summed E-state index contributed by atoms with van der Waals surface area (Å²) in [5.74, 6) is 0.703. The Morgan fingerprint density at radius 1 is 1.40 bits per heavy atom. The van der Waals surface area contributed by atoms with Gasteiger partial charge in [-0.1, -0.05) is 11.3 Å². The number of methoxy groups -OCH3 is 1. The Balaban J connectivity index is 1.98. The van der Waals surface area contributed by atoms with Crippen molar-refractivity contribution in [2.45, 2.75) is 20.0 Å². The van der Waals surface area contributed by atoms with Crippen molar-refractivity contribution in [3.63, 3.8) is 0 Å². The summed E-state index contributed by atoms with van der Waals surface area (Å²) in [5, 5.41) is 8.61. The minimum Gasteiger partial charge on any atom is -0.480 e. The van der Waals surface area contributed by atoms with Gasteiger partial charge in [0.2, 0.25) is 5.88 Å². The molecule has 0 radical (unpaired) electrons. The Morgan fingerprint density at radius 3 is 2.70 bits per heavy atom. The molecule has 0 aliphatic heterocycles. The van der Waals surface area contributed by atoms with E-state index in [2.05, 4.69) is 22.3 Å². The van der Waals surface area contributed by atoms with Crippen molar-refractivity contribution in [1.82, 2.24) is 20.1 Å². The molecule has 2 rings (SSSR count). The van der Waals surface area contributed by atoms with Crippen LogP contribution in [0.4, 0.5) is 5.13 Å². The molecule has 0 atom stereocenters. The normalized spacial score (nSPS) is 10.8. The Bertz CT molecular complexity index is 575. The van der Waals surface area contributed by atoms with E-state index in [0.717, 1.165) is 23.1 Å². The molecule has 0 aromatic carbocycles. The lowest BCUT2D eigenvalue weighted by atomic mass is 10.2. The van der Waals surface area contributed by atoms with E-state index >= 15 is 0 Å². The maximum absolute atomic E-state index is 5.32. The molecule has 0 saturated carbocycles. The zero-order valence-corrected chi connectivity index (χ0v) is 13.4. The summed E-state index contributed by atoms with van der Waals surface area (Å²) in [5.41, 5.74) is 2.39. The van der Waals surface area contributed by atoms with Gasteiger partial charge in [-0.3, -0.25) is 4.68 Å². The van der Waals surface area contributed by atoms with Gasteiger partial charge in [0.05, 0.1) is 18.2 Å². The van der Waals surface area contributed by atoms with Crippen LogP contribution in [0.15, 0.2) is 6.20 Å². The minimum atomic E-state index is 0.703. The summed E-state index contributed by atoms with van der Waals surface area (Å²) in [6.45, 7) is 3.60. The lowest BCUT2D eigenvalue weighted by molar-refractivity contribution is 0.394. The molecule has 2 aromatic rings. The van der Waals surface area contributed by atoms with Gasteiger partial charge >= 0.3 is 0 Å². The van der Waals surface area contributed by atoms with Crippen LogP contribution in [0, 0.1) is 6.92 Å². The highest BCUT2D eigenvalue weighted by molar-refractivity contribution is 7.15. The molecule has 6 nitrogen and oxygen atoms in total. The molecule has 0 amide bonds. The molecule has 110 valence electrons. The van der Waals surface area contributed by atoms with Crippen LogP contribution in [-0.2, 0) is 20.1 Å². The summed E-state index contributed by atoms with van der Waals surface area (Å²) >= 11 is 1.64. The molecule has 7 heteroatoms. The van der Waals surface area contributed by atoms with Crippen LogP contribution in [-0.4, -0.2) is 36.0 Å². The van der Waals surface area contributed by atoms with Crippen LogP contribution in [0.5, 0.6) is 5.88 Å². The number of ether oxygens (including phenoxy) is 1. The Labute approximate surface area is 123 Å². The van der Waals surface area contributed by atoms with E-state index < -0.39 is 0 Å². The van der Waals surface area contributed by atoms with Crippen LogP contribution in [0.3, 0.4) is 0 Å². The predicted octanol–water partition coefficient (Wildman–Crippen LogP) is 1.55. The molecule has 0 aliphatic rings. The maximum Gasteiger partial charge on any atom is 0.230 e. The monoisotopic (exact) mass is 295 g/mol. The number of thiazole rings is 1. The summed E-state index contributed by atoms with van der Waals surface area (Å²) < 4.78 is 7.21. The molecule has 0 unspecified atom stereocenters. The molecule has 0 aliphatic carbocycles. The first-order valence-corrected chi connectivity index (χ1v) is 7.23. The number of hydrogen-bond acceptors (Lipinski definition) is 6. The number of anilines is 1. The second-order valence-electron chi connectivity index (χ2n) is 4.81. The van der Waals surface area contributed by atoms with E-state index in [9.17, 15) is 0 Å². The average molecular weight is 295 g/mol. The van der Waals surface area contributed by atoms with E-state index in [0.29, 0.717) is 5.88 Å². The van der Waals surface area contributed by atoms with Gasteiger partial charge in [-0.15, -0.1) is 0 Å². The Morgan fingerprint density at radius 2 is 2.15 bits per heavy atom. The smallest absolute Gasteiger partial charge is 0.230 e. The fourth-order valence-electron chi connectivity index (χ4n) is 1.82. The van der Waals surface area contributed by atoms with Crippen molar-refractivity contribution in [2.24, 2.45) is 7.05 Å². The number of aromatic nitrogens is 3. The van der Waals surface area contributed by atoms with E-state index in [1.807, 2.05) is 36.9 Å². The van der Waals surface area contributed by atoms with Crippen LogP contribution >= 0.6 is 11.3 Å². The fourth-order valence-corrected chi connectivity index (χ4v) is 2.74. The third-order valence-electron chi connectivity index (χ3n) is 3.16. The predicted molar refractivity (Wildman–Crippen MR) is 81.5 cm³/mol. The Kier molecular flexibility index (Phi) is 4.61. The van der Waals surface area contributed by atoms with E-state index in [-0.39, 0.29) is 0 Å². The number of aryl methyl sites for hydroxylation is 1. The molecule has 2 aromatic heterocycles. The molecular weight excluding hydrogens is 274 g/mol. The van der Waals surface area contributed by atoms with Crippen molar-refractivity contribution in [2.75, 3.05) is 26.1 Å². The first kappa shape index (κ1) is 14.8. The highest BCUT2D eigenvalue weighted by atomic mass is 32.1. The maximum atomic E-state index is 5.32. The SMILES string of the molecule is COc1nc(N(C)C)sc1CNCc1cnn(C)c1C. The third-order valence-corrected chi connectivity index (χ3v) is 4.37. The molecule has 20 heavy (non-hydrogen) atoms. The quantitative estimate of drug-likeness (QED) is 0.876. The fraction of sp³-hybridized carbons (Fsp3) is 0.538. The molecule has 0 fully saturated rings. The van der Waals surface area contributed by atoms with Gasteiger partial charge < -0.3 is 15.0 Å². The topological polar surface area (TPSA) is 55.2 Å². The van der Waals surface area contributed by atoms with Gasteiger partial charge in [0.1, 0.15) is 0 Å². The number of rotatable bonds is 6. The van der Waals surface area contributed by atoms with E-state index in [1.165, 1.54) is 11.3 Å². The summed E-state index contributed by atoms with van der Waals surface area (Å²) in [6, 6.07) is 0. The second kappa shape index (κ2) is 6.23. The van der Waals surface area contributed by atoms with Crippen LogP contribution in [0.25, 0.3) is 0 Å². The van der Waals surface area contributed by atoms with Crippen molar-refractivity contribution in [1.29, 1.82) is 0 Å². The number of nitrogens with one attached hydrogen (secondary N) is 1. The molecule has 1 N–H and O–H groups in total. The Hall–Kier alpha value is -1.60. The largest absolute Gasteiger partial charge is 0.480 e. The van der Waals surface area contributed by atoms with Gasteiger partial charge in [0.25, 0.3) is 0 Å². The zero-order chi connectivity index (χ0) is 14.7. The van der Waals surface area contributed by atoms with Crippen molar-refractivity contribution >= 4 is 16.5 Å². The zero-order valence-electron chi connectivity index (χ0n) is 12.6. The first-order valence-electron chi connectivity index (χ1n) is 6.42. The van der Waals surface area contributed by atoms with E-state index in [1.54, 1.807) is 18.4 Å². The van der Waals surface area contributed by atoms with Gasteiger partial charge in [-0.05, 0) is 6.92 Å². The molecular formula is C13H21N5OS. The van der Waals surface area contributed by atoms with Crippen molar-refractivity contribution < 1.29 is 4.74 Å². The average Bonchev–Trinajstić information content (AvgIpc) is 2.97. The lowest BCUT2D eigenvalue weighted by Crippen LogP contribution is -2.13. The van der Waals surface area contributed by atoms with Crippen LogP contribution in [0.1, 0.15) is 16.1 Å². The van der Waals surface area contributed by atoms with Crippen molar-refractivity contribution in [3.8, 4) is 5.88 Å². The highest BCUT2D eigenvalue weighted by Gasteiger charge is 2.13. The van der Waals surface area contributed by atoms with Gasteiger partial charge in [0.15, 0.2) is 5.13 Å². The lowest BCUT2D eigenvalue weighted by Gasteiger charge is -2.05. The first-order chi connectivity index (χ1) is 9.52. The van der Waals surface area contributed by atoms with Gasteiger partial charge in [0, 0.05) is 45.5 Å². The second-order valence-corrected chi connectivity index (χ2v) is 5.87. The number of hydrogen-bond donors (Lipinski definition) is 1. The standard InChI is InChI=1S/C13H21N5OS/c1-9-10(7-15-18(9)4)6-14-8-11-12(19-5)16-13(20-11)17(2)3/h7,14H,6,8H2,1-5H3. The summed E-state index contributed by atoms with van der Waals surface area (Å²) in [7, 11) is 7.57. The summed E-state index contributed by atoms with van der Waals surface area (Å²) in [6.07, 6.45) is 1.90. The van der Waals surface area contributed by atoms with Crippen molar-refractivity contribution in [3.05, 3.63) is 22.3 Å². The molecule has 0 spiro atoms. The van der Waals surface area contributed by atoms with Gasteiger partial charge in [-0.25, -0.2) is 0 Å². The minimum absolute atomic E-state index is 0.703. The third kappa shape index (κ3) is 3.10. The number of nitrogens with zero attached hydrogens (tertiary/aromatic N) is 4. The highest BCUT2D eigenvalue weighted by Crippen LogP contribution is 2.30. The van der Waals surface area contributed by atoms with Gasteiger partial charge in [-0.2, -0.15) is 10.1 Å². The molecule has 2 heterocycles. The van der Waals surface area contributed by atoms with E-state index in [4.69, 9.17) is 4.74 Å². The summed E-state index contributed by atoms with van der Waals surface area (Å²) in [4.78, 5) is 7.54. The van der Waals surface area contributed by atoms with Crippen LogP contribution in [0.2, 0.25) is 0 Å².